The van der Waals surface area contributed by atoms with Crippen LogP contribution < -0.4 is 0 Å². The zero-order valence-corrected chi connectivity index (χ0v) is 12.9. The first-order valence-corrected chi connectivity index (χ1v) is 8.08. The summed E-state index contributed by atoms with van der Waals surface area (Å²) in [6.07, 6.45) is 0. The first-order chi connectivity index (χ1) is 10.8. The van der Waals surface area contributed by atoms with Gasteiger partial charge < -0.3 is 0 Å². The highest BCUT2D eigenvalue weighted by Gasteiger charge is 2.22. The second-order valence-corrected chi connectivity index (χ2v) is 6.13. The minimum Gasteiger partial charge on any atom is -0.293 e. The van der Waals surface area contributed by atoms with Crippen LogP contribution in [0.25, 0.3) is 0 Å². The molecule has 0 saturated heterocycles. The first kappa shape index (κ1) is 17.0. The molecule has 0 aliphatic carbocycles. The van der Waals surface area contributed by atoms with E-state index in [0.29, 0.717) is 0 Å². The number of hydrogen-bond acceptors (Lipinski definition) is 2. The molecule has 0 aliphatic rings. The predicted molar refractivity (Wildman–Crippen MR) is 99.0 cm³/mol. The van der Waals surface area contributed by atoms with Gasteiger partial charge in [-0.1, -0.05) is 86.3 Å². The minimum atomic E-state index is -0.231. The van der Waals surface area contributed by atoms with E-state index >= 15 is 0 Å². The van der Waals surface area contributed by atoms with Crippen LogP contribution in [0.5, 0.6) is 0 Å². The van der Waals surface area contributed by atoms with Crippen molar-refractivity contribution in [3.05, 3.63) is 102 Å². The van der Waals surface area contributed by atoms with Crippen LogP contribution in [0.4, 0.5) is 0 Å². The Hall–Kier alpha value is -2.32. The minimum absolute atomic E-state index is 0. The number of benzene rings is 3. The van der Waals surface area contributed by atoms with Crippen LogP contribution in [-0.4, -0.2) is 5.78 Å². The topological polar surface area (TPSA) is 17.1 Å². The number of thioether (sulfide) groups is 1. The number of rotatable bonds is 5. The third-order valence-corrected chi connectivity index (χ3v) is 4.66. The Morgan fingerprint density at radius 3 is 1.74 bits per heavy atom. The lowest BCUT2D eigenvalue weighted by Gasteiger charge is -2.16. The molecule has 23 heavy (non-hydrogen) atoms. The van der Waals surface area contributed by atoms with Crippen molar-refractivity contribution in [1.29, 1.82) is 0 Å². The molecule has 0 aliphatic heterocycles. The van der Waals surface area contributed by atoms with Crippen molar-refractivity contribution in [3.8, 4) is 0 Å². The lowest BCUT2D eigenvalue weighted by Crippen LogP contribution is -2.09. The Kier molecular flexibility index (Phi) is 6.19. The van der Waals surface area contributed by atoms with Crippen LogP contribution in [-0.2, 0) is 0 Å². The quantitative estimate of drug-likeness (QED) is 0.421. The number of carbonyl (C=O) groups excluding carboxylic acids is 1. The summed E-state index contributed by atoms with van der Waals surface area (Å²) in [5.41, 5.74) is 1.78. The maximum absolute atomic E-state index is 12.9. The van der Waals surface area contributed by atoms with E-state index in [-0.39, 0.29) is 18.5 Å². The van der Waals surface area contributed by atoms with Gasteiger partial charge in [-0.05, 0) is 17.7 Å². The van der Waals surface area contributed by atoms with Crippen LogP contribution in [0, 0.1) is 0 Å². The van der Waals surface area contributed by atoms with Crippen molar-refractivity contribution < 1.29 is 4.79 Å². The molecular formula is C21H20OS. The van der Waals surface area contributed by atoms with Crippen molar-refractivity contribution >= 4 is 17.5 Å². The summed E-state index contributed by atoms with van der Waals surface area (Å²) >= 11 is 1.60. The normalized spacial score (nSPS) is 11.3. The fraction of sp³-hybridized carbons (Fsp3) is 0.0952. The van der Waals surface area contributed by atoms with E-state index in [2.05, 4.69) is 0 Å². The van der Waals surface area contributed by atoms with Crippen molar-refractivity contribution in [2.45, 2.75) is 17.6 Å². The molecule has 0 aromatic heterocycles. The smallest absolute Gasteiger partial charge is 0.180 e. The van der Waals surface area contributed by atoms with Crippen molar-refractivity contribution in [2.24, 2.45) is 0 Å². The van der Waals surface area contributed by atoms with Gasteiger partial charge in [-0.15, -0.1) is 11.8 Å². The average molecular weight is 320 g/mol. The summed E-state index contributed by atoms with van der Waals surface area (Å²) in [6, 6.07) is 29.5. The third kappa shape index (κ3) is 4.33. The van der Waals surface area contributed by atoms with Crippen LogP contribution in [0.15, 0.2) is 95.9 Å². The monoisotopic (exact) mass is 320 g/mol. The second kappa shape index (κ2) is 8.35. The van der Waals surface area contributed by atoms with E-state index in [1.165, 1.54) is 0 Å². The van der Waals surface area contributed by atoms with Gasteiger partial charge in [0.25, 0.3) is 0 Å². The molecule has 1 nitrogen and oxygen atoms in total. The van der Waals surface area contributed by atoms with Gasteiger partial charge in [0.2, 0.25) is 0 Å². The molecule has 0 spiro atoms. The highest BCUT2D eigenvalue weighted by atomic mass is 32.2. The van der Waals surface area contributed by atoms with Crippen LogP contribution in [0.1, 0.15) is 28.6 Å². The Balaban J connectivity index is 0.00000192. The summed E-state index contributed by atoms with van der Waals surface area (Å²) in [4.78, 5) is 14.0. The zero-order chi connectivity index (χ0) is 15.2. The summed E-state index contributed by atoms with van der Waals surface area (Å²) < 4.78 is 0. The standard InChI is InChI=1S/C20H16OS.CH4/c21-19(16-10-4-1-5-11-16)20(17-12-6-2-7-13-17)22-18-14-8-3-9-15-18;/h1-15,20H;1H4. The van der Waals surface area contributed by atoms with Gasteiger partial charge in [0.1, 0.15) is 0 Å². The molecule has 0 saturated carbocycles. The molecule has 3 aromatic rings. The molecule has 1 atom stereocenters. The molecular weight excluding hydrogens is 300 g/mol. The van der Waals surface area contributed by atoms with Gasteiger partial charge in [-0.3, -0.25) is 4.79 Å². The number of Topliss-reactive ketones (excluding diaryl/α,β-unsaturated/α-hetero) is 1. The molecule has 0 heterocycles. The number of hydrogen-bond donors (Lipinski definition) is 0. The van der Waals surface area contributed by atoms with Gasteiger partial charge >= 0.3 is 0 Å². The Morgan fingerprint density at radius 1 is 0.696 bits per heavy atom. The van der Waals surface area contributed by atoms with Crippen molar-refractivity contribution in [2.75, 3.05) is 0 Å². The van der Waals surface area contributed by atoms with E-state index < -0.39 is 0 Å². The molecule has 1 unspecified atom stereocenters. The average Bonchev–Trinajstić information content (AvgIpc) is 2.61. The molecule has 0 bridgehead atoms. The molecule has 0 radical (unpaired) electrons. The fourth-order valence-electron chi connectivity index (χ4n) is 2.29. The molecule has 116 valence electrons. The first-order valence-electron chi connectivity index (χ1n) is 7.20. The maximum atomic E-state index is 12.9. The number of ketones is 1. The van der Waals surface area contributed by atoms with Gasteiger partial charge in [0.05, 0.1) is 5.25 Å². The van der Waals surface area contributed by atoms with Crippen molar-refractivity contribution in [3.63, 3.8) is 0 Å². The van der Waals surface area contributed by atoms with Gasteiger partial charge in [0, 0.05) is 10.5 Å². The summed E-state index contributed by atoms with van der Waals surface area (Å²) in [6.45, 7) is 0. The van der Waals surface area contributed by atoms with E-state index in [1.807, 2.05) is 91.0 Å². The molecule has 3 rings (SSSR count). The number of carbonyl (C=O) groups is 1. The van der Waals surface area contributed by atoms with Gasteiger partial charge in [0.15, 0.2) is 5.78 Å². The van der Waals surface area contributed by atoms with Gasteiger partial charge in [-0.2, -0.15) is 0 Å². The SMILES string of the molecule is C.O=C(c1ccccc1)C(Sc1ccccc1)c1ccccc1. The van der Waals surface area contributed by atoms with Crippen LogP contribution in [0.2, 0.25) is 0 Å². The largest absolute Gasteiger partial charge is 0.293 e. The fourth-order valence-corrected chi connectivity index (χ4v) is 3.41. The van der Waals surface area contributed by atoms with Gasteiger partial charge in [-0.25, -0.2) is 0 Å². The summed E-state index contributed by atoms with van der Waals surface area (Å²) in [5, 5.41) is -0.231. The molecule has 3 aromatic carbocycles. The zero-order valence-electron chi connectivity index (χ0n) is 12.1. The Labute approximate surface area is 142 Å². The highest BCUT2D eigenvalue weighted by Crippen LogP contribution is 2.37. The molecule has 0 amide bonds. The molecule has 2 heteroatoms. The van der Waals surface area contributed by atoms with E-state index in [1.54, 1.807) is 11.8 Å². The molecule has 0 fully saturated rings. The highest BCUT2D eigenvalue weighted by molar-refractivity contribution is 8.00. The lowest BCUT2D eigenvalue weighted by atomic mass is 10.0. The Morgan fingerprint density at radius 2 is 1.17 bits per heavy atom. The van der Waals surface area contributed by atoms with Crippen molar-refractivity contribution in [1.82, 2.24) is 0 Å². The van der Waals surface area contributed by atoms with E-state index in [9.17, 15) is 4.79 Å². The second-order valence-electron chi connectivity index (χ2n) is 4.95. The maximum Gasteiger partial charge on any atom is 0.180 e. The predicted octanol–water partition coefficient (Wildman–Crippen LogP) is 6.04. The van der Waals surface area contributed by atoms with Crippen LogP contribution >= 0.6 is 11.8 Å². The lowest BCUT2D eigenvalue weighted by molar-refractivity contribution is 0.0989. The third-order valence-electron chi connectivity index (χ3n) is 3.40. The summed E-state index contributed by atoms with van der Waals surface area (Å²) in [5.74, 6) is 0.139. The van der Waals surface area contributed by atoms with E-state index in [0.717, 1.165) is 16.0 Å². The molecule has 0 N–H and O–H groups in total. The Bertz CT molecular complexity index is 724. The summed E-state index contributed by atoms with van der Waals surface area (Å²) in [7, 11) is 0. The van der Waals surface area contributed by atoms with E-state index in [4.69, 9.17) is 0 Å². The van der Waals surface area contributed by atoms with Crippen LogP contribution in [0.3, 0.4) is 0 Å².